The zero-order valence-corrected chi connectivity index (χ0v) is 14.4. The van der Waals surface area contributed by atoms with Gasteiger partial charge in [-0.2, -0.15) is 0 Å². The molecule has 2 aromatic heterocycles. The molecule has 0 atom stereocenters. The van der Waals surface area contributed by atoms with E-state index in [1.807, 2.05) is 29.6 Å². The summed E-state index contributed by atoms with van der Waals surface area (Å²) in [6, 6.07) is 7.82. The first-order chi connectivity index (χ1) is 11.1. The molecular formula is C18H20N2O2S. The van der Waals surface area contributed by atoms with Crippen molar-refractivity contribution >= 4 is 21.6 Å². The van der Waals surface area contributed by atoms with Gasteiger partial charge in [-0.05, 0) is 30.0 Å². The van der Waals surface area contributed by atoms with Gasteiger partial charge in [0.15, 0.2) is 0 Å². The van der Waals surface area contributed by atoms with Gasteiger partial charge in [0.2, 0.25) is 0 Å². The van der Waals surface area contributed by atoms with Crippen LogP contribution < -0.4 is 10.3 Å². The Bertz CT molecular complexity index is 863. The summed E-state index contributed by atoms with van der Waals surface area (Å²) in [5.41, 5.74) is 2.89. The first-order valence-corrected chi connectivity index (χ1v) is 8.59. The van der Waals surface area contributed by atoms with Gasteiger partial charge in [0.25, 0.3) is 5.56 Å². The van der Waals surface area contributed by atoms with Crippen molar-refractivity contribution in [2.75, 3.05) is 7.11 Å². The first-order valence-electron chi connectivity index (χ1n) is 7.71. The molecule has 3 rings (SSSR count). The average Bonchev–Trinajstić information content (AvgIpc) is 2.99. The van der Waals surface area contributed by atoms with Crippen molar-refractivity contribution in [3.8, 4) is 16.9 Å². The summed E-state index contributed by atoms with van der Waals surface area (Å²) in [6.07, 6.45) is 2.65. The molecule has 0 fully saturated rings. The molecule has 2 heterocycles. The molecule has 0 unspecified atom stereocenters. The van der Waals surface area contributed by atoms with E-state index in [4.69, 9.17) is 4.74 Å². The van der Waals surface area contributed by atoms with E-state index in [0.29, 0.717) is 5.92 Å². The minimum absolute atomic E-state index is 0.0559. The summed E-state index contributed by atoms with van der Waals surface area (Å²) in [7, 11) is 1.65. The summed E-state index contributed by atoms with van der Waals surface area (Å²) in [5.74, 6) is 1.38. The molecule has 0 radical (unpaired) electrons. The average molecular weight is 328 g/mol. The second-order valence-corrected chi connectivity index (χ2v) is 6.86. The molecule has 5 heteroatoms. The Balaban J connectivity index is 2.00. The van der Waals surface area contributed by atoms with Crippen molar-refractivity contribution in [1.82, 2.24) is 9.55 Å². The van der Waals surface area contributed by atoms with Gasteiger partial charge in [-0.25, -0.2) is 4.98 Å². The number of methoxy groups -OCH3 is 1. The van der Waals surface area contributed by atoms with E-state index in [-0.39, 0.29) is 5.56 Å². The lowest BCUT2D eigenvalue weighted by atomic mass is 10.1. The number of ether oxygens (including phenoxy) is 1. The van der Waals surface area contributed by atoms with Crippen LogP contribution >= 0.6 is 11.3 Å². The van der Waals surface area contributed by atoms with Crippen LogP contribution in [0.5, 0.6) is 5.75 Å². The number of aryl methyl sites for hydroxylation is 1. The molecule has 0 aliphatic rings. The molecular weight excluding hydrogens is 308 g/mol. The molecule has 0 saturated heterocycles. The molecule has 0 aliphatic heterocycles. The summed E-state index contributed by atoms with van der Waals surface area (Å²) < 4.78 is 7.63. The van der Waals surface area contributed by atoms with Crippen molar-refractivity contribution < 1.29 is 4.74 Å². The largest absolute Gasteiger partial charge is 0.497 e. The minimum atomic E-state index is 0.0559. The highest BCUT2D eigenvalue weighted by Crippen LogP contribution is 2.31. The smallest absolute Gasteiger partial charge is 0.271 e. The van der Waals surface area contributed by atoms with Gasteiger partial charge < -0.3 is 4.74 Å². The zero-order valence-electron chi connectivity index (χ0n) is 13.6. The fourth-order valence-corrected chi connectivity index (χ4v) is 3.45. The second kappa shape index (κ2) is 6.54. The van der Waals surface area contributed by atoms with Gasteiger partial charge in [-0.15, -0.1) is 11.3 Å². The maximum Gasteiger partial charge on any atom is 0.271 e. The van der Waals surface area contributed by atoms with E-state index in [1.54, 1.807) is 18.0 Å². The molecule has 0 spiro atoms. The summed E-state index contributed by atoms with van der Waals surface area (Å²) in [4.78, 5) is 17.1. The van der Waals surface area contributed by atoms with Crippen LogP contribution in [0.4, 0.5) is 0 Å². The number of hydrogen-bond donors (Lipinski definition) is 0. The van der Waals surface area contributed by atoms with Crippen LogP contribution in [0.2, 0.25) is 0 Å². The van der Waals surface area contributed by atoms with Crippen LogP contribution in [0.1, 0.15) is 20.3 Å². The molecule has 0 saturated carbocycles. The standard InChI is InChI=1S/C18H20N2O2S/c1-12(2)8-9-20-11-19-16-15(10-23-17(16)18(20)21)13-4-6-14(22-3)7-5-13/h4-7,10-12H,8-9H2,1-3H3. The van der Waals surface area contributed by atoms with E-state index in [9.17, 15) is 4.79 Å². The number of nitrogens with zero attached hydrogens (tertiary/aromatic N) is 2. The monoisotopic (exact) mass is 328 g/mol. The lowest BCUT2D eigenvalue weighted by molar-refractivity contribution is 0.415. The number of rotatable bonds is 5. The number of hydrogen-bond acceptors (Lipinski definition) is 4. The fourth-order valence-electron chi connectivity index (χ4n) is 2.47. The van der Waals surface area contributed by atoms with Crippen LogP contribution in [0.15, 0.2) is 40.8 Å². The van der Waals surface area contributed by atoms with E-state index in [1.165, 1.54) is 11.3 Å². The van der Waals surface area contributed by atoms with Crippen molar-refractivity contribution in [3.63, 3.8) is 0 Å². The lowest BCUT2D eigenvalue weighted by Crippen LogP contribution is -2.20. The highest BCUT2D eigenvalue weighted by atomic mass is 32.1. The van der Waals surface area contributed by atoms with Crippen molar-refractivity contribution in [1.29, 1.82) is 0 Å². The molecule has 0 aliphatic carbocycles. The third-order valence-electron chi connectivity index (χ3n) is 3.89. The number of benzene rings is 1. The Hall–Kier alpha value is -2.14. The molecule has 23 heavy (non-hydrogen) atoms. The van der Waals surface area contributed by atoms with Crippen LogP contribution in [0.25, 0.3) is 21.3 Å². The third-order valence-corrected chi connectivity index (χ3v) is 4.85. The van der Waals surface area contributed by atoms with E-state index >= 15 is 0 Å². The molecule has 0 bridgehead atoms. The Morgan fingerprint density at radius 2 is 2.00 bits per heavy atom. The molecule has 1 aromatic carbocycles. The summed E-state index contributed by atoms with van der Waals surface area (Å²) in [5, 5.41) is 2.01. The van der Waals surface area contributed by atoms with Gasteiger partial charge in [-0.1, -0.05) is 26.0 Å². The van der Waals surface area contributed by atoms with Crippen molar-refractivity contribution in [2.45, 2.75) is 26.8 Å². The number of aromatic nitrogens is 2. The molecule has 0 amide bonds. The van der Waals surface area contributed by atoms with Crippen LogP contribution in [0.3, 0.4) is 0 Å². The Morgan fingerprint density at radius 1 is 1.26 bits per heavy atom. The molecule has 0 N–H and O–H groups in total. The molecule has 3 aromatic rings. The lowest BCUT2D eigenvalue weighted by Gasteiger charge is -2.07. The predicted octanol–water partition coefficient (Wildman–Crippen LogP) is 4.18. The van der Waals surface area contributed by atoms with Crippen molar-refractivity contribution in [3.05, 3.63) is 46.3 Å². The maximum atomic E-state index is 12.6. The topological polar surface area (TPSA) is 44.1 Å². The van der Waals surface area contributed by atoms with Crippen molar-refractivity contribution in [2.24, 2.45) is 5.92 Å². The first kappa shape index (κ1) is 15.7. The minimum Gasteiger partial charge on any atom is -0.497 e. The molecule has 120 valence electrons. The Kier molecular flexibility index (Phi) is 4.48. The van der Waals surface area contributed by atoms with E-state index < -0.39 is 0 Å². The maximum absolute atomic E-state index is 12.6. The fraction of sp³-hybridized carbons (Fsp3) is 0.333. The second-order valence-electron chi connectivity index (χ2n) is 5.98. The van der Waals surface area contributed by atoms with Gasteiger partial charge in [0.05, 0.1) is 19.0 Å². The summed E-state index contributed by atoms with van der Waals surface area (Å²) >= 11 is 1.47. The van der Waals surface area contributed by atoms with Crippen LogP contribution in [0, 0.1) is 5.92 Å². The number of thiophene rings is 1. The summed E-state index contributed by atoms with van der Waals surface area (Å²) in [6.45, 7) is 5.03. The quantitative estimate of drug-likeness (QED) is 0.706. The van der Waals surface area contributed by atoms with Crippen LogP contribution in [-0.2, 0) is 6.54 Å². The predicted molar refractivity (Wildman–Crippen MR) is 95.3 cm³/mol. The van der Waals surface area contributed by atoms with E-state index in [0.717, 1.165) is 40.1 Å². The highest BCUT2D eigenvalue weighted by molar-refractivity contribution is 7.17. The molecule has 4 nitrogen and oxygen atoms in total. The van der Waals surface area contributed by atoms with Crippen LogP contribution in [-0.4, -0.2) is 16.7 Å². The van der Waals surface area contributed by atoms with E-state index in [2.05, 4.69) is 18.8 Å². The van der Waals surface area contributed by atoms with Gasteiger partial charge >= 0.3 is 0 Å². The Labute approximate surface area is 139 Å². The van der Waals surface area contributed by atoms with Gasteiger partial charge in [0, 0.05) is 17.5 Å². The normalized spacial score (nSPS) is 11.3. The highest BCUT2D eigenvalue weighted by Gasteiger charge is 2.12. The van der Waals surface area contributed by atoms with Gasteiger partial charge in [0.1, 0.15) is 10.4 Å². The van der Waals surface area contributed by atoms with Gasteiger partial charge in [-0.3, -0.25) is 9.36 Å². The third kappa shape index (κ3) is 3.15. The Morgan fingerprint density at radius 3 is 2.65 bits per heavy atom. The number of fused-ring (bicyclic) bond motifs is 1. The zero-order chi connectivity index (χ0) is 16.4. The SMILES string of the molecule is COc1ccc(-c2csc3c(=O)n(CCC(C)C)cnc23)cc1.